The van der Waals surface area contributed by atoms with E-state index in [-0.39, 0.29) is 12.6 Å². The fourth-order valence-corrected chi connectivity index (χ4v) is 6.17. The molecule has 0 amide bonds. The number of nitrogens with zero attached hydrogens (tertiary/aromatic N) is 5. The molecule has 4 aromatic rings. The Morgan fingerprint density at radius 2 is 1.71 bits per heavy atom. The van der Waals surface area contributed by atoms with Crippen LogP contribution in [0.2, 0.25) is 0 Å². The third-order valence-corrected chi connectivity index (χ3v) is 8.74. The summed E-state index contributed by atoms with van der Waals surface area (Å²) in [5, 5.41) is 0.865. The van der Waals surface area contributed by atoms with Gasteiger partial charge < -0.3 is 20.4 Å². The van der Waals surface area contributed by atoms with Crippen LogP contribution in [0.1, 0.15) is 12.8 Å². The number of hydrogen-bond acceptors (Lipinski definition) is 7. The zero-order chi connectivity index (χ0) is 29.2. The average molecular weight is 598 g/mol. The molecule has 2 aliphatic rings. The van der Waals surface area contributed by atoms with Gasteiger partial charge in [-0.3, -0.25) is 9.45 Å². The van der Waals surface area contributed by atoms with Crippen LogP contribution in [0, 0.1) is 0 Å². The first-order valence-electron chi connectivity index (χ1n) is 14.0. The maximum atomic E-state index is 12.7. The van der Waals surface area contributed by atoms with Gasteiger partial charge in [0.05, 0.1) is 17.9 Å². The first-order valence-corrected chi connectivity index (χ1v) is 15.0. The number of piperazine rings is 1. The molecule has 0 radical (unpaired) electrons. The van der Waals surface area contributed by atoms with E-state index in [2.05, 4.69) is 32.0 Å². The summed E-state index contributed by atoms with van der Waals surface area (Å²) < 4.78 is 53.6. The lowest BCUT2D eigenvalue weighted by molar-refractivity contribution is 0.0854. The molecule has 13 heteroatoms. The largest absolute Gasteiger partial charge is 0.488 e. The Morgan fingerprint density at radius 3 is 2.38 bits per heavy atom. The van der Waals surface area contributed by atoms with Gasteiger partial charge in [0.15, 0.2) is 0 Å². The van der Waals surface area contributed by atoms with Crippen LogP contribution < -0.4 is 15.4 Å². The molecule has 6 rings (SSSR count). The number of aromatic amines is 1. The maximum absolute atomic E-state index is 12.7. The van der Waals surface area contributed by atoms with Gasteiger partial charge >= 0.3 is 0 Å². The summed E-state index contributed by atoms with van der Waals surface area (Å²) in [6.45, 7) is 3.50. The number of nitrogens with one attached hydrogen (secondary N) is 1. The van der Waals surface area contributed by atoms with E-state index in [0.717, 1.165) is 46.7 Å². The fraction of sp³-hybridized carbons (Fsp3) is 0.379. The molecule has 10 nitrogen and oxygen atoms in total. The molecule has 2 saturated heterocycles. The third-order valence-electron chi connectivity index (χ3n) is 7.94. The molecule has 4 heterocycles. The molecule has 1 unspecified atom stereocenters. The highest BCUT2D eigenvalue weighted by Crippen LogP contribution is 2.34. The minimum Gasteiger partial charge on any atom is -0.488 e. The lowest BCUT2D eigenvalue weighted by Crippen LogP contribution is -2.47. The minimum absolute atomic E-state index is 0.0718. The van der Waals surface area contributed by atoms with Gasteiger partial charge in [0.2, 0.25) is 11.3 Å². The fourth-order valence-electron chi connectivity index (χ4n) is 5.65. The smallest absolute Gasteiger partial charge is 0.251 e. The van der Waals surface area contributed by atoms with E-state index in [1.165, 1.54) is 10.6 Å². The quantitative estimate of drug-likeness (QED) is 0.204. The molecule has 0 spiro atoms. The van der Waals surface area contributed by atoms with Crippen LogP contribution in [0.4, 0.5) is 20.2 Å². The van der Waals surface area contributed by atoms with Crippen molar-refractivity contribution in [2.75, 3.05) is 56.4 Å². The van der Waals surface area contributed by atoms with Gasteiger partial charge in [-0.2, -0.15) is 0 Å². The van der Waals surface area contributed by atoms with Crippen molar-refractivity contribution in [2.24, 2.45) is 0 Å². The second kappa shape index (κ2) is 12.3. The lowest BCUT2D eigenvalue weighted by atomic mass is 10.1. The zero-order valence-corrected chi connectivity index (χ0v) is 23.8. The number of halogens is 2. The number of benzene rings is 2. The van der Waals surface area contributed by atoms with Crippen molar-refractivity contribution in [3.63, 3.8) is 0 Å². The van der Waals surface area contributed by atoms with Gasteiger partial charge in [0.1, 0.15) is 23.8 Å². The van der Waals surface area contributed by atoms with E-state index in [9.17, 15) is 17.5 Å². The Kier molecular flexibility index (Phi) is 8.34. The normalized spacial score (nSPS) is 18.1. The Hall–Kier alpha value is -3.65. The Balaban J connectivity index is 1.16. The summed E-state index contributed by atoms with van der Waals surface area (Å²) in [5.41, 5.74) is 12.1. The van der Waals surface area contributed by atoms with Gasteiger partial charge in [0.25, 0.3) is 6.43 Å². The number of hydrogen-bond donors (Lipinski definition) is 3. The summed E-state index contributed by atoms with van der Waals surface area (Å²) >= 11 is -1.95. The molecule has 2 aliphatic heterocycles. The van der Waals surface area contributed by atoms with E-state index in [1.807, 2.05) is 36.4 Å². The van der Waals surface area contributed by atoms with Crippen LogP contribution in [0.25, 0.3) is 33.5 Å². The molecule has 0 aliphatic carbocycles. The van der Waals surface area contributed by atoms with E-state index < -0.39 is 17.7 Å². The molecule has 0 bridgehead atoms. The number of anilines is 2. The Bertz CT molecular complexity index is 1550. The standard InChI is InChI=1S/C29H33F2N7O3S/c30-27(31)17-36-11-13-37(14-12-36)21-4-1-19(2-5-21)25-16-23-28(33-18-34-29(23)35-25)20-3-6-26(24(32)15-20)41-22-7-9-38(10-8-22)42(39)40/h1-6,15-16,18,22,27H,7-14,17,32H2,(H,39,40)(H,33,34,35). The Morgan fingerprint density at radius 1 is 1.00 bits per heavy atom. The van der Waals surface area contributed by atoms with E-state index in [1.54, 1.807) is 4.90 Å². The van der Waals surface area contributed by atoms with Crippen LogP contribution >= 0.6 is 0 Å². The third kappa shape index (κ3) is 6.24. The van der Waals surface area contributed by atoms with Crippen LogP contribution in [-0.2, 0) is 11.3 Å². The van der Waals surface area contributed by atoms with Crippen molar-refractivity contribution >= 4 is 33.7 Å². The molecule has 1 atom stereocenters. The zero-order valence-electron chi connectivity index (χ0n) is 23.0. The van der Waals surface area contributed by atoms with Crippen molar-refractivity contribution in [1.29, 1.82) is 0 Å². The molecule has 2 aromatic carbocycles. The first-order chi connectivity index (χ1) is 20.3. The summed E-state index contributed by atoms with van der Waals surface area (Å²) in [4.78, 5) is 16.4. The first kappa shape index (κ1) is 28.5. The lowest BCUT2D eigenvalue weighted by Gasteiger charge is -2.35. The second-order valence-electron chi connectivity index (χ2n) is 10.6. The number of alkyl halides is 2. The predicted octanol–water partition coefficient (Wildman–Crippen LogP) is 4.24. The number of aromatic nitrogens is 3. The number of rotatable bonds is 8. The summed E-state index contributed by atoms with van der Waals surface area (Å²) in [6, 6.07) is 15.9. The summed E-state index contributed by atoms with van der Waals surface area (Å²) in [7, 11) is 0. The molecular formula is C29H33F2N7O3S. The van der Waals surface area contributed by atoms with Crippen LogP contribution in [0.15, 0.2) is 54.9 Å². The Labute approximate surface area is 244 Å². The number of nitrogen functional groups attached to an aromatic ring is 1. The second-order valence-corrected chi connectivity index (χ2v) is 11.6. The minimum atomic E-state index is -2.30. The van der Waals surface area contributed by atoms with Crippen LogP contribution in [0.3, 0.4) is 0 Å². The monoisotopic (exact) mass is 597 g/mol. The highest BCUT2D eigenvalue weighted by molar-refractivity contribution is 7.76. The molecule has 0 saturated carbocycles. The van der Waals surface area contributed by atoms with Crippen molar-refractivity contribution in [1.82, 2.24) is 24.2 Å². The topological polar surface area (TPSA) is 124 Å². The van der Waals surface area contributed by atoms with E-state index >= 15 is 0 Å². The molecule has 42 heavy (non-hydrogen) atoms. The maximum Gasteiger partial charge on any atom is 0.251 e. The van der Waals surface area contributed by atoms with Crippen LogP contribution in [-0.4, -0.2) is 91.3 Å². The summed E-state index contributed by atoms with van der Waals surface area (Å²) in [6.07, 6.45) is 0.438. The molecular weight excluding hydrogens is 564 g/mol. The van der Waals surface area contributed by atoms with Gasteiger partial charge in [0, 0.05) is 61.6 Å². The predicted molar refractivity (Wildman–Crippen MR) is 160 cm³/mol. The van der Waals surface area contributed by atoms with Crippen molar-refractivity contribution in [3.8, 4) is 28.3 Å². The van der Waals surface area contributed by atoms with Gasteiger partial charge in [-0.15, -0.1) is 0 Å². The highest BCUT2D eigenvalue weighted by Gasteiger charge is 2.24. The number of ether oxygens (including phenoxy) is 1. The number of piperidine rings is 1. The SMILES string of the molecule is Nc1cc(-c2ncnc3[nH]c(-c4ccc(N5CCN(CC(F)F)CC5)cc4)cc23)ccc1OC1CCN(S(=O)O)CC1. The summed E-state index contributed by atoms with van der Waals surface area (Å²) in [5.74, 6) is 0.581. The highest BCUT2D eigenvalue weighted by atomic mass is 32.2. The molecule has 2 fully saturated rings. The molecule has 222 valence electrons. The van der Waals surface area contributed by atoms with Crippen molar-refractivity contribution < 1.29 is 22.3 Å². The van der Waals surface area contributed by atoms with Gasteiger partial charge in [-0.25, -0.2) is 27.3 Å². The number of H-pyrrole nitrogens is 1. The van der Waals surface area contributed by atoms with Crippen molar-refractivity contribution in [2.45, 2.75) is 25.4 Å². The van der Waals surface area contributed by atoms with E-state index in [0.29, 0.717) is 56.1 Å². The van der Waals surface area contributed by atoms with Gasteiger partial charge in [-0.05, 0) is 54.8 Å². The van der Waals surface area contributed by atoms with Crippen LogP contribution in [0.5, 0.6) is 5.75 Å². The number of fused-ring (bicyclic) bond motifs is 1. The van der Waals surface area contributed by atoms with Crippen molar-refractivity contribution in [3.05, 3.63) is 54.9 Å². The van der Waals surface area contributed by atoms with E-state index in [4.69, 9.17) is 10.5 Å². The average Bonchev–Trinajstić information content (AvgIpc) is 3.43. The molecule has 2 aromatic heterocycles. The van der Waals surface area contributed by atoms with Gasteiger partial charge in [-0.1, -0.05) is 12.1 Å². The number of nitrogens with two attached hydrogens (primary N) is 1. The molecule has 4 N–H and O–H groups in total.